The number of guanidine groups is 1. The molecule has 2 aliphatic rings. The zero-order valence-electron chi connectivity index (χ0n) is 15.3. The second kappa shape index (κ2) is 10.1. The highest BCUT2D eigenvalue weighted by Crippen LogP contribution is 2.27. The topological polar surface area (TPSA) is 77.0 Å². The van der Waals surface area contributed by atoms with E-state index in [0.29, 0.717) is 13.1 Å². The van der Waals surface area contributed by atoms with Crippen molar-refractivity contribution in [3.63, 3.8) is 0 Å². The number of carbonyl (C=O) groups excluding carboxylic acids is 1. The third kappa shape index (κ3) is 5.57. The van der Waals surface area contributed by atoms with E-state index in [1.165, 1.54) is 0 Å². The number of amides is 1. The first-order valence-corrected chi connectivity index (χ1v) is 9.27. The van der Waals surface area contributed by atoms with Crippen LogP contribution < -0.4 is 10.6 Å². The van der Waals surface area contributed by atoms with Gasteiger partial charge in [-0.1, -0.05) is 18.6 Å². The summed E-state index contributed by atoms with van der Waals surface area (Å²) in [6.07, 6.45) is 3.68. The van der Waals surface area contributed by atoms with Gasteiger partial charge in [-0.2, -0.15) is 0 Å². The number of β-amino-alcohol motifs (C(OH)–C–C–N with tert-alkyl or cyclic N) is 1. The Morgan fingerprint density at radius 3 is 2.77 bits per heavy atom. The Labute approximate surface area is 172 Å². The fourth-order valence-electron chi connectivity index (χ4n) is 3.19. The Morgan fingerprint density at radius 1 is 1.35 bits per heavy atom. The quantitative estimate of drug-likeness (QED) is 0.350. The van der Waals surface area contributed by atoms with Crippen LogP contribution in [0.15, 0.2) is 29.3 Å². The molecule has 3 N–H and O–H groups in total. The lowest BCUT2D eigenvalue weighted by Crippen LogP contribution is -2.40. The summed E-state index contributed by atoms with van der Waals surface area (Å²) in [4.78, 5) is 18.9. The van der Waals surface area contributed by atoms with E-state index in [1.54, 1.807) is 0 Å². The monoisotopic (exact) mass is 472 g/mol. The number of anilines is 1. The van der Waals surface area contributed by atoms with Crippen molar-refractivity contribution in [1.82, 2.24) is 10.2 Å². The number of aliphatic hydroxyl groups excluding tert-OH is 1. The van der Waals surface area contributed by atoms with Crippen molar-refractivity contribution >= 4 is 41.5 Å². The number of nitrogens with one attached hydrogen (secondary N) is 2. The van der Waals surface area contributed by atoms with Gasteiger partial charge in [0.2, 0.25) is 5.91 Å². The van der Waals surface area contributed by atoms with Crippen molar-refractivity contribution in [2.75, 3.05) is 25.0 Å². The highest BCUT2D eigenvalue weighted by molar-refractivity contribution is 14.0. The Hall–Kier alpha value is -1.35. The van der Waals surface area contributed by atoms with Crippen molar-refractivity contribution in [1.29, 1.82) is 0 Å². The number of hydrogen-bond donors (Lipinski definition) is 3. The summed E-state index contributed by atoms with van der Waals surface area (Å²) in [5.74, 6) is 1.15. The van der Waals surface area contributed by atoms with Crippen LogP contribution in [-0.2, 0) is 11.3 Å². The van der Waals surface area contributed by atoms with Gasteiger partial charge < -0.3 is 20.6 Å². The van der Waals surface area contributed by atoms with Gasteiger partial charge in [0.05, 0.1) is 12.6 Å². The average molecular weight is 472 g/mol. The maximum Gasteiger partial charge on any atom is 0.227 e. The summed E-state index contributed by atoms with van der Waals surface area (Å²) in [5, 5.41) is 16.0. The van der Waals surface area contributed by atoms with Gasteiger partial charge in [-0.05, 0) is 43.9 Å². The molecule has 0 unspecified atom stereocenters. The Bertz CT molecular complexity index is 634. The lowest BCUT2D eigenvalue weighted by Gasteiger charge is -2.24. The second-order valence-electron chi connectivity index (χ2n) is 6.88. The number of likely N-dealkylation sites (tertiary alicyclic amines) is 1. The van der Waals surface area contributed by atoms with E-state index >= 15 is 0 Å². The summed E-state index contributed by atoms with van der Waals surface area (Å²) >= 11 is 0. The number of aliphatic hydroxyl groups is 1. The standard InChI is InChI=1S/C19H28N4O2.HI/c1-2-20-19(23-10-9-17(24)13-23)21-12-14-5-3-8-16(11-14)22-18(25)15-6-4-7-15;/h3,5,8,11,15,17,24H,2,4,6-7,9-10,12-13H2,1H3,(H,20,21)(H,22,25);1H/t17-;/m1./s1. The molecule has 1 saturated carbocycles. The van der Waals surface area contributed by atoms with E-state index < -0.39 is 0 Å². The summed E-state index contributed by atoms with van der Waals surface area (Å²) in [6.45, 7) is 4.83. The van der Waals surface area contributed by atoms with E-state index in [9.17, 15) is 9.90 Å². The molecule has 1 aliphatic carbocycles. The van der Waals surface area contributed by atoms with Gasteiger partial charge in [-0.15, -0.1) is 24.0 Å². The minimum Gasteiger partial charge on any atom is -0.391 e. The van der Waals surface area contributed by atoms with Crippen molar-refractivity contribution in [2.45, 2.75) is 45.3 Å². The molecule has 0 bridgehead atoms. The van der Waals surface area contributed by atoms with Crippen LogP contribution in [0.4, 0.5) is 5.69 Å². The molecule has 1 aromatic carbocycles. The van der Waals surface area contributed by atoms with Crippen LogP contribution in [0.5, 0.6) is 0 Å². The zero-order valence-corrected chi connectivity index (χ0v) is 17.6. The number of aliphatic imine (C=N–C) groups is 1. The molecule has 0 spiro atoms. The third-order valence-electron chi connectivity index (χ3n) is 4.88. The Morgan fingerprint density at radius 2 is 2.15 bits per heavy atom. The molecule has 6 nitrogen and oxygen atoms in total. The fraction of sp³-hybridized carbons (Fsp3) is 0.579. The van der Waals surface area contributed by atoms with Crippen molar-refractivity contribution in [2.24, 2.45) is 10.9 Å². The molecule has 1 aliphatic heterocycles. The minimum absolute atomic E-state index is 0. The number of nitrogens with zero attached hydrogens (tertiary/aromatic N) is 2. The van der Waals surface area contributed by atoms with Gasteiger partial charge >= 0.3 is 0 Å². The van der Waals surface area contributed by atoms with Crippen LogP contribution >= 0.6 is 24.0 Å². The fourth-order valence-corrected chi connectivity index (χ4v) is 3.19. The lowest BCUT2D eigenvalue weighted by molar-refractivity contribution is -0.122. The maximum atomic E-state index is 12.1. The van der Waals surface area contributed by atoms with E-state index in [-0.39, 0.29) is 41.9 Å². The average Bonchev–Trinajstić information content (AvgIpc) is 2.96. The van der Waals surface area contributed by atoms with Gasteiger partial charge in [0.1, 0.15) is 0 Å². The Kier molecular flexibility index (Phi) is 8.15. The molecule has 0 radical (unpaired) electrons. The molecule has 1 aromatic rings. The molecular formula is C19H29IN4O2. The van der Waals surface area contributed by atoms with E-state index in [4.69, 9.17) is 4.99 Å². The second-order valence-corrected chi connectivity index (χ2v) is 6.88. The molecule has 2 fully saturated rings. The molecule has 0 aromatic heterocycles. The Balaban J connectivity index is 0.00000243. The van der Waals surface area contributed by atoms with E-state index in [0.717, 1.165) is 56.0 Å². The number of halogens is 1. The van der Waals surface area contributed by atoms with Crippen molar-refractivity contribution in [3.8, 4) is 0 Å². The first-order chi connectivity index (χ1) is 12.2. The predicted octanol–water partition coefficient (Wildman–Crippen LogP) is 2.58. The summed E-state index contributed by atoms with van der Waals surface area (Å²) in [7, 11) is 0. The molecular weight excluding hydrogens is 443 g/mol. The molecule has 7 heteroatoms. The number of rotatable bonds is 5. The molecule has 26 heavy (non-hydrogen) atoms. The van der Waals surface area contributed by atoms with Crippen LogP contribution in [0.3, 0.4) is 0 Å². The number of hydrogen-bond acceptors (Lipinski definition) is 3. The van der Waals surface area contributed by atoms with Gasteiger partial charge in [0.15, 0.2) is 5.96 Å². The summed E-state index contributed by atoms with van der Waals surface area (Å²) < 4.78 is 0. The molecule has 3 rings (SSSR count). The van der Waals surface area contributed by atoms with Crippen LogP contribution in [-0.4, -0.2) is 47.6 Å². The predicted molar refractivity (Wildman–Crippen MR) is 115 cm³/mol. The number of benzene rings is 1. The first-order valence-electron chi connectivity index (χ1n) is 9.27. The van der Waals surface area contributed by atoms with Gasteiger partial charge in [0, 0.05) is 31.2 Å². The van der Waals surface area contributed by atoms with Crippen LogP contribution in [0.25, 0.3) is 0 Å². The molecule has 1 heterocycles. The van der Waals surface area contributed by atoms with Gasteiger partial charge in [-0.25, -0.2) is 4.99 Å². The van der Waals surface area contributed by atoms with Crippen LogP contribution in [0.1, 0.15) is 38.2 Å². The largest absolute Gasteiger partial charge is 0.391 e. The van der Waals surface area contributed by atoms with Crippen LogP contribution in [0, 0.1) is 5.92 Å². The maximum absolute atomic E-state index is 12.1. The SMILES string of the molecule is CCNC(=NCc1cccc(NC(=O)C2CCC2)c1)N1CC[C@@H](O)C1.I. The third-order valence-corrected chi connectivity index (χ3v) is 4.88. The van der Waals surface area contributed by atoms with Crippen molar-refractivity contribution < 1.29 is 9.90 Å². The van der Waals surface area contributed by atoms with E-state index in [2.05, 4.69) is 15.5 Å². The zero-order chi connectivity index (χ0) is 17.6. The van der Waals surface area contributed by atoms with Gasteiger partial charge in [0.25, 0.3) is 0 Å². The highest BCUT2D eigenvalue weighted by atomic mass is 127. The molecule has 1 amide bonds. The molecule has 1 atom stereocenters. The first kappa shape index (κ1) is 21.0. The van der Waals surface area contributed by atoms with Crippen LogP contribution in [0.2, 0.25) is 0 Å². The normalized spacial score (nSPS) is 20.3. The number of carbonyl (C=O) groups is 1. The van der Waals surface area contributed by atoms with E-state index in [1.807, 2.05) is 31.2 Å². The molecule has 144 valence electrons. The summed E-state index contributed by atoms with van der Waals surface area (Å²) in [6, 6.07) is 7.88. The highest BCUT2D eigenvalue weighted by Gasteiger charge is 2.25. The van der Waals surface area contributed by atoms with Crippen molar-refractivity contribution in [3.05, 3.63) is 29.8 Å². The molecule has 1 saturated heterocycles. The smallest absolute Gasteiger partial charge is 0.227 e. The lowest BCUT2D eigenvalue weighted by atomic mass is 9.85. The summed E-state index contributed by atoms with van der Waals surface area (Å²) in [5.41, 5.74) is 1.90. The van der Waals surface area contributed by atoms with Gasteiger partial charge in [-0.3, -0.25) is 4.79 Å². The minimum atomic E-state index is -0.270.